The van der Waals surface area contributed by atoms with Crippen LogP contribution in [-0.2, 0) is 6.54 Å². The molecule has 2 aliphatic rings. The van der Waals surface area contributed by atoms with Crippen molar-refractivity contribution in [3.63, 3.8) is 0 Å². The Hall–Kier alpha value is -4.30. The Morgan fingerprint density at radius 3 is 2.71 bits per heavy atom. The van der Waals surface area contributed by atoms with Gasteiger partial charge in [-0.2, -0.15) is 5.10 Å². The molecular formula is C30H30N8. The van der Waals surface area contributed by atoms with Gasteiger partial charge in [0.25, 0.3) is 0 Å². The van der Waals surface area contributed by atoms with Gasteiger partial charge >= 0.3 is 0 Å². The van der Waals surface area contributed by atoms with E-state index >= 15 is 0 Å². The van der Waals surface area contributed by atoms with Crippen molar-refractivity contribution in [1.82, 2.24) is 30.5 Å². The lowest BCUT2D eigenvalue weighted by Crippen LogP contribution is -2.20. The van der Waals surface area contributed by atoms with Crippen LogP contribution < -0.4 is 16.0 Å². The molecule has 1 aliphatic heterocycles. The highest BCUT2D eigenvalue weighted by Gasteiger charge is 2.27. The molecule has 0 amide bonds. The van der Waals surface area contributed by atoms with E-state index in [4.69, 9.17) is 0 Å². The fourth-order valence-electron chi connectivity index (χ4n) is 5.73. The molecule has 8 nitrogen and oxygen atoms in total. The maximum absolute atomic E-state index is 4.58. The van der Waals surface area contributed by atoms with Gasteiger partial charge in [-0.15, -0.1) is 0 Å². The smallest absolute Gasteiger partial charge is 0.141 e. The highest BCUT2D eigenvalue weighted by Crippen LogP contribution is 2.42. The summed E-state index contributed by atoms with van der Waals surface area (Å²) in [5.74, 6) is 0.827. The lowest BCUT2D eigenvalue weighted by atomic mass is 10.0. The number of fused-ring (bicyclic) bond motifs is 2. The molecule has 8 heteroatoms. The van der Waals surface area contributed by atoms with Gasteiger partial charge in [-0.25, -0.2) is 0 Å². The summed E-state index contributed by atoms with van der Waals surface area (Å²) < 4.78 is 0. The average molecular weight is 503 g/mol. The zero-order valence-corrected chi connectivity index (χ0v) is 21.1. The zero-order chi connectivity index (χ0) is 25.3. The summed E-state index contributed by atoms with van der Waals surface area (Å²) in [7, 11) is 0. The molecule has 1 aliphatic carbocycles. The Kier molecular flexibility index (Phi) is 5.94. The number of aromatic amines is 1. The van der Waals surface area contributed by atoms with Crippen molar-refractivity contribution in [2.24, 2.45) is 5.92 Å². The average Bonchev–Trinajstić information content (AvgIpc) is 3.73. The molecular weight excluding hydrogens is 472 g/mol. The molecule has 0 saturated heterocycles. The third-order valence-corrected chi connectivity index (χ3v) is 7.71. The van der Waals surface area contributed by atoms with Crippen molar-refractivity contribution >= 4 is 22.3 Å². The maximum atomic E-state index is 4.58. The number of rotatable bonds is 7. The molecule has 0 radical (unpaired) electrons. The number of pyridine rings is 3. The number of nitrogens with one attached hydrogen (secondary N) is 4. The van der Waals surface area contributed by atoms with Crippen molar-refractivity contribution in [3.05, 3.63) is 84.7 Å². The van der Waals surface area contributed by atoms with Crippen LogP contribution in [0.15, 0.2) is 73.4 Å². The van der Waals surface area contributed by atoms with Gasteiger partial charge in [0.05, 0.1) is 34.5 Å². The molecule has 4 aromatic heterocycles. The third-order valence-electron chi connectivity index (χ3n) is 7.71. The van der Waals surface area contributed by atoms with Gasteiger partial charge in [-0.1, -0.05) is 25.0 Å². The van der Waals surface area contributed by atoms with E-state index in [1.165, 1.54) is 31.2 Å². The molecule has 0 bridgehead atoms. The van der Waals surface area contributed by atoms with Crippen LogP contribution in [0.2, 0.25) is 0 Å². The third kappa shape index (κ3) is 4.37. The van der Waals surface area contributed by atoms with Gasteiger partial charge in [-0.05, 0) is 66.8 Å². The normalized spacial score (nSPS) is 16.9. The molecule has 1 aromatic carbocycles. The van der Waals surface area contributed by atoms with E-state index in [-0.39, 0.29) is 6.17 Å². The summed E-state index contributed by atoms with van der Waals surface area (Å²) in [6, 6.07) is 14.5. The van der Waals surface area contributed by atoms with E-state index in [1.807, 2.05) is 43.0 Å². The number of aromatic nitrogens is 5. The predicted octanol–water partition coefficient (Wildman–Crippen LogP) is 5.90. The van der Waals surface area contributed by atoms with Gasteiger partial charge in [0, 0.05) is 47.8 Å². The summed E-state index contributed by atoms with van der Waals surface area (Å²) in [5, 5.41) is 19.7. The monoisotopic (exact) mass is 502 g/mol. The Bertz CT molecular complexity index is 1570. The van der Waals surface area contributed by atoms with Gasteiger partial charge in [0.1, 0.15) is 6.17 Å². The molecule has 5 heterocycles. The molecule has 4 N–H and O–H groups in total. The zero-order valence-electron chi connectivity index (χ0n) is 21.1. The first-order valence-electron chi connectivity index (χ1n) is 13.4. The van der Waals surface area contributed by atoms with Gasteiger partial charge in [-0.3, -0.25) is 20.1 Å². The van der Waals surface area contributed by atoms with Crippen molar-refractivity contribution in [1.29, 1.82) is 0 Å². The fourth-order valence-corrected chi connectivity index (χ4v) is 5.73. The number of hydrogen-bond donors (Lipinski definition) is 4. The van der Waals surface area contributed by atoms with Crippen LogP contribution in [0.1, 0.15) is 43.1 Å². The second kappa shape index (κ2) is 9.87. The van der Waals surface area contributed by atoms with Crippen LogP contribution in [0.25, 0.3) is 33.3 Å². The van der Waals surface area contributed by atoms with Crippen LogP contribution in [-0.4, -0.2) is 31.7 Å². The van der Waals surface area contributed by atoms with E-state index in [9.17, 15) is 0 Å². The minimum atomic E-state index is -0.166. The molecule has 0 spiro atoms. The first kappa shape index (κ1) is 22.9. The fraction of sp³-hybridized carbons (Fsp3) is 0.267. The van der Waals surface area contributed by atoms with Crippen molar-refractivity contribution < 1.29 is 0 Å². The molecule has 1 atom stereocenters. The highest BCUT2D eigenvalue weighted by molar-refractivity contribution is 5.91. The predicted molar refractivity (Wildman–Crippen MR) is 150 cm³/mol. The van der Waals surface area contributed by atoms with Gasteiger partial charge in [0.2, 0.25) is 0 Å². The molecule has 1 fully saturated rings. The van der Waals surface area contributed by atoms with Crippen LogP contribution in [0, 0.1) is 5.92 Å². The molecule has 190 valence electrons. The van der Waals surface area contributed by atoms with Crippen molar-refractivity contribution in [2.45, 2.75) is 38.4 Å². The lowest BCUT2D eigenvalue weighted by molar-refractivity contribution is 0.489. The van der Waals surface area contributed by atoms with E-state index in [0.717, 1.165) is 69.4 Å². The minimum absolute atomic E-state index is 0.166. The van der Waals surface area contributed by atoms with Crippen LogP contribution in [0.4, 0.5) is 11.4 Å². The number of nitrogens with zero attached hydrogens (tertiary/aromatic N) is 4. The molecule has 5 aromatic rings. The summed E-state index contributed by atoms with van der Waals surface area (Å²) in [4.78, 5) is 13.5. The number of benzene rings is 1. The van der Waals surface area contributed by atoms with Crippen LogP contribution in [0.5, 0.6) is 0 Å². The first-order valence-corrected chi connectivity index (χ1v) is 13.4. The summed E-state index contributed by atoms with van der Waals surface area (Å²) in [6.45, 7) is 1.94. The largest absolute Gasteiger partial charge is 0.358 e. The van der Waals surface area contributed by atoms with E-state index in [1.54, 1.807) is 6.20 Å². The second-order valence-electron chi connectivity index (χ2n) is 10.3. The molecule has 1 unspecified atom stereocenters. The standard InChI is InChI=1S/C30H30N8/c1-2-6-19(5-1)13-31-14-20-11-22(16-32-15-20)21-8-9-26-23(12-21)29(38-37-26)30-35-27-18-33-17-24(28(27)36-30)25-7-3-4-10-34-25/h3-4,7-12,15-19,30-31,35-36H,1-2,5-6,13-14H2,(H,37,38). The van der Waals surface area contributed by atoms with Gasteiger partial charge in [0.15, 0.2) is 0 Å². The maximum Gasteiger partial charge on any atom is 0.141 e. The minimum Gasteiger partial charge on any atom is -0.358 e. The Morgan fingerprint density at radius 1 is 0.895 bits per heavy atom. The lowest BCUT2D eigenvalue weighted by Gasteiger charge is -2.12. The van der Waals surface area contributed by atoms with E-state index < -0.39 is 0 Å². The number of hydrogen-bond acceptors (Lipinski definition) is 7. The van der Waals surface area contributed by atoms with Crippen LogP contribution >= 0.6 is 0 Å². The Balaban J connectivity index is 1.14. The van der Waals surface area contributed by atoms with Crippen molar-refractivity contribution in [3.8, 4) is 22.4 Å². The first-order chi connectivity index (χ1) is 18.8. The van der Waals surface area contributed by atoms with E-state index in [2.05, 4.69) is 65.4 Å². The van der Waals surface area contributed by atoms with Gasteiger partial charge < -0.3 is 16.0 Å². The van der Waals surface area contributed by atoms with Crippen LogP contribution in [0.3, 0.4) is 0 Å². The SMILES string of the molecule is c1ccc(-c2cncc3c2NC(c2[nH]nc4ccc(-c5cncc(CNCC6CCCC6)c5)cc24)N3)nc1. The molecule has 38 heavy (non-hydrogen) atoms. The topological polar surface area (TPSA) is 103 Å². The quantitative estimate of drug-likeness (QED) is 0.220. The van der Waals surface area contributed by atoms with E-state index in [0.29, 0.717) is 0 Å². The summed E-state index contributed by atoms with van der Waals surface area (Å²) in [5.41, 5.74) is 9.12. The number of anilines is 2. The molecule has 7 rings (SSSR count). The molecule has 1 saturated carbocycles. The Morgan fingerprint density at radius 2 is 1.82 bits per heavy atom. The second-order valence-corrected chi connectivity index (χ2v) is 10.3. The summed E-state index contributed by atoms with van der Waals surface area (Å²) >= 11 is 0. The Labute approximate surface area is 221 Å². The highest BCUT2D eigenvalue weighted by atomic mass is 15.2. The summed E-state index contributed by atoms with van der Waals surface area (Å²) in [6.07, 6.45) is 14.7. The number of H-pyrrole nitrogens is 1. The van der Waals surface area contributed by atoms with Crippen molar-refractivity contribution in [2.75, 3.05) is 17.2 Å².